The number of pyridine rings is 2. The minimum absolute atomic E-state index is 0.236. The maximum atomic E-state index is 11.5. The van der Waals surface area contributed by atoms with Crippen molar-refractivity contribution in [2.75, 3.05) is 26.3 Å². The Kier molecular flexibility index (Phi) is 5.98. The molecule has 1 aromatic carbocycles. The SMILES string of the molecule is OC(c1cccnc1-c1cccc(Cl)c1)C(c1cccnc1)N1CCOCC1. The Bertz CT molecular complexity index is 916. The first kappa shape index (κ1) is 19.0. The van der Waals surface area contributed by atoms with Crippen molar-refractivity contribution in [1.29, 1.82) is 0 Å². The van der Waals surface area contributed by atoms with E-state index in [1.807, 2.05) is 54.7 Å². The first-order valence-corrected chi connectivity index (χ1v) is 9.72. The molecule has 0 saturated carbocycles. The molecule has 0 bridgehead atoms. The maximum absolute atomic E-state index is 11.5. The third-order valence-corrected chi connectivity index (χ3v) is 5.25. The number of halogens is 1. The molecule has 3 heterocycles. The third-order valence-electron chi connectivity index (χ3n) is 5.02. The zero-order chi connectivity index (χ0) is 19.3. The minimum Gasteiger partial charge on any atom is -0.386 e. The Morgan fingerprint density at radius 1 is 1.04 bits per heavy atom. The van der Waals surface area contributed by atoms with Crippen molar-refractivity contribution in [3.8, 4) is 11.3 Å². The van der Waals surface area contributed by atoms with E-state index in [0.717, 1.165) is 35.5 Å². The van der Waals surface area contributed by atoms with Crippen LogP contribution in [0.5, 0.6) is 0 Å². The predicted octanol–water partition coefficient (Wildman–Crippen LogP) is 3.90. The summed E-state index contributed by atoms with van der Waals surface area (Å²) in [5, 5.41) is 12.2. The summed E-state index contributed by atoms with van der Waals surface area (Å²) in [4.78, 5) is 11.1. The Morgan fingerprint density at radius 2 is 1.86 bits per heavy atom. The van der Waals surface area contributed by atoms with Crippen molar-refractivity contribution >= 4 is 11.6 Å². The van der Waals surface area contributed by atoms with Gasteiger partial charge in [0, 0.05) is 47.8 Å². The molecule has 1 fully saturated rings. The fourth-order valence-corrected chi connectivity index (χ4v) is 3.89. The van der Waals surface area contributed by atoms with Crippen LogP contribution in [0, 0.1) is 0 Å². The lowest BCUT2D eigenvalue weighted by Gasteiger charge is -2.37. The summed E-state index contributed by atoms with van der Waals surface area (Å²) in [6, 6.07) is 15.0. The number of aromatic nitrogens is 2. The van der Waals surface area contributed by atoms with Crippen LogP contribution in [0.3, 0.4) is 0 Å². The van der Waals surface area contributed by atoms with E-state index in [9.17, 15) is 5.11 Å². The number of nitrogens with zero attached hydrogens (tertiary/aromatic N) is 3. The number of hydrogen-bond donors (Lipinski definition) is 1. The highest BCUT2D eigenvalue weighted by molar-refractivity contribution is 6.30. The predicted molar refractivity (Wildman–Crippen MR) is 109 cm³/mol. The molecule has 1 aliphatic rings. The van der Waals surface area contributed by atoms with Crippen LogP contribution in [0.4, 0.5) is 0 Å². The normalized spacial score (nSPS) is 17.2. The van der Waals surface area contributed by atoms with Crippen LogP contribution in [0.25, 0.3) is 11.3 Å². The number of aliphatic hydroxyl groups is 1. The number of rotatable bonds is 5. The average Bonchev–Trinajstić information content (AvgIpc) is 2.75. The molecule has 4 rings (SSSR count). The highest BCUT2D eigenvalue weighted by Gasteiger charge is 2.32. The van der Waals surface area contributed by atoms with Crippen LogP contribution in [0.15, 0.2) is 67.1 Å². The average molecular weight is 396 g/mol. The molecule has 2 unspecified atom stereocenters. The van der Waals surface area contributed by atoms with Crippen LogP contribution >= 0.6 is 11.6 Å². The number of benzene rings is 1. The van der Waals surface area contributed by atoms with Crippen LogP contribution in [0.1, 0.15) is 23.3 Å². The summed E-state index contributed by atoms with van der Waals surface area (Å²) in [6.07, 6.45) is 4.53. The van der Waals surface area contributed by atoms with Gasteiger partial charge in [-0.2, -0.15) is 0 Å². The van der Waals surface area contributed by atoms with E-state index in [2.05, 4.69) is 14.9 Å². The molecule has 0 aliphatic carbocycles. The number of morpholine rings is 1. The molecule has 2 atom stereocenters. The second-order valence-electron chi connectivity index (χ2n) is 6.78. The highest BCUT2D eigenvalue weighted by atomic mass is 35.5. The Morgan fingerprint density at radius 3 is 2.61 bits per heavy atom. The molecule has 28 heavy (non-hydrogen) atoms. The van der Waals surface area contributed by atoms with E-state index >= 15 is 0 Å². The van der Waals surface area contributed by atoms with Crippen molar-refractivity contribution < 1.29 is 9.84 Å². The largest absolute Gasteiger partial charge is 0.386 e. The summed E-state index contributed by atoms with van der Waals surface area (Å²) in [5.41, 5.74) is 3.36. The second-order valence-corrected chi connectivity index (χ2v) is 7.21. The molecule has 0 amide bonds. The quantitative estimate of drug-likeness (QED) is 0.709. The zero-order valence-electron chi connectivity index (χ0n) is 15.4. The van der Waals surface area contributed by atoms with Crippen LogP contribution in [-0.2, 0) is 4.74 Å². The molecule has 0 spiro atoms. The molecule has 0 radical (unpaired) electrons. The van der Waals surface area contributed by atoms with Gasteiger partial charge >= 0.3 is 0 Å². The van der Waals surface area contributed by atoms with Crippen molar-refractivity contribution in [2.24, 2.45) is 0 Å². The standard InChI is InChI=1S/C22H22ClN3O2/c23-18-6-1-4-16(14-18)20-19(7-3-9-25-20)22(27)21(17-5-2-8-24-15-17)26-10-12-28-13-11-26/h1-9,14-15,21-22,27H,10-13H2. The summed E-state index contributed by atoms with van der Waals surface area (Å²) < 4.78 is 5.51. The summed E-state index contributed by atoms with van der Waals surface area (Å²) in [7, 11) is 0. The maximum Gasteiger partial charge on any atom is 0.101 e. The zero-order valence-corrected chi connectivity index (χ0v) is 16.2. The molecule has 1 aliphatic heterocycles. The molecule has 5 nitrogen and oxygen atoms in total. The van der Waals surface area contributed by atoms with E-state index < -0.39 is 6.10 Å². The van der Waals surface area contributed by atoms with Crippen LogP contribution in [-0.4, -0.2) is 46.3 Å². The smallest absolute Gasteiger partial charge is 0.101 e. The highest BCUT2D eigenvalue weighted by Crippen LogP contribution is 2.38. The summed E-state index contributed by atoms with van der Waals surface area (Å²) in [6.45, 7) is 2.81. The van der Waals surface area contributed by atoms with Gasteiger partial charge in [0.05, 0.1) is 24.9 Å². The molecule has 6 heteroatoms. The van der Waals surface area contributed by atoms with E-state index in [-0.39, 0.29) is 6.04 Å². The second kappa shape index (κ2) is 8.80. The van der Waals surface area contributed by atoms with Gasteiger partial charge in [-0.3, -0.25) is 14.9 Å². The first-order valence-electron chi connectivity index (χ1n) is 9.34. The van der Waals surface area contributed by atoms with E-state index in [0.29, 0.717) is 18.2 Å². The molecular weight excluding hydrogens is 374 g/mol. The Hall–Kier alpha value is -2.31. The van der Waals surface area contributed by atoms with Crippen LogP contribution in [0.2, 0.25) is 5.02 Å². The van der Waals surface area contributed by atoms with Gasteiger partial charge in [0.15, 0.2) is 0 Å². The third kappa shape index (κ3) is 4.08. The fraction of sp³-hybridized carbons (Fsp3) is 0.273. The molecular formula is C22H22ClN3O2. The lowest BCUT2D eigenvalue weighted by atomic mass is 9.92. The van der Waals surface area contributed by atoms with Gasteiger partial charge < -0.3 is 9.84 Å². The molecule has 144 valence electrons. The van der Waals surface area contributed by atoms with Gasteiger partial charge in [-0.25, -0.2) is 0 Å². The Balaban J connectivity index is 1.76. The van der Waals surface area contributed by atoms with Crippen LogP contribution < -0.4 is 0 Å². The Labute approximate surface area is 169 Å². The molecule has 2 aromatic heterocycles. The molecule has 1 N–H and O–H groups in total. The van der Waals surface area contributed by atoms with Crippen molar-refractivity contribution in [3.63, 3.8) is 0 Å². The first-order chi connectivity index (χ1) is 13.7. The fourth-order valence-electron chi connectivity index (χ4n) is 3.70. The van der Waals surface area contributed by atoms with E-state index in [1.54, 1.807) is 12.4 Å². The minimum atomic E-state index is -0.773. The topological polar surface area (TPSA) is 58.5 Å². The molecule has 1 saturated heterocycles. The van der Waals surface area contributed by atoms with Crippen molar-refractivity contribution in [1.82, 2.24) is 14.9 Å². The monoisotopic (exact) mass is 395 g/mol. The van der Waals surface area contributed by atoms with Gasteiger partial charge in [0.2, 0.25) is 0 Å². The van der Waals surface area contributed by atoms with Gasteiger partial charge in [0.25, 0.3) is 0 Å². The van der Waals surface area contributed by atoms with Gasteiger partial charge in [-0.05, 0) is 29.8 Å². The van der Waals surface area contributed by atoms with Gasteiger partial charge in [0.1, 0.15) is 6.10 Å². The number of aliphatic hydroxyl groups excluding tert-OH is 1. The number of ether oxygens (including phenoxy) is 1. The summed E-state index contributed by atoms with van der Waals surface area (Å²) >= 11 is 6.19. The van der Waals surface area contributed by atoms with Gasteiger partial charge in [-0.1, -0.05) is 35.9 Å². The van der Waals surface area contributed by atoms with E-state index in [4.69, 9.17) is 16.3 Å². The molecule has 3 aromatic rings. The van der Waals surface area contributed by atoms with Crippen molar-refractivity contribution in [2.45, 2.75) is 12.1 Å². The number of hydrogen-bond acceptors (Lipinski definition) is 5. The van der Waals surface area contributed by atoms with Gasteiger partial charge in [-0.15, -0.1) is 0 Å². The van der Waals surface area contributed by atoms with Crippen molar-refractivity contribution in [3.05, 3.63) is 83.3 Å². The lowest BCUT2D eigenvalue weighted by Crippen LogP contribution is -2.41. The summed E-state index contributed by atoms with van der Waals surface area (Å²) in [5.74, 6) is 0. The van der Waals surface area contributed by atoms with E-state index in [1.165, 1.54) is 0 Å². The lowest BCUT2D eigenvalue weighted by molar-refractivity contribution is -0.0238.